The monoisotopic (exact) mass is 368 g/mol. The van der Waals surface area contributed by atoms with Crippen LogP contribution >= 0.6 is 28.3 Å². The molecule has 0 radical (unpaired) electrons. The lowest BCUT2D eigenvalue weighted by Crippen LogP contribution is -2.35. The summed E-state index contributed by atoms with van der Waals surface area (Å²) in [5.41, 5.74) is 5.09. The standard InChI is InChI=1S/C13H15BrF2N2O.ClH/c1-7-2-8(5-17)6-18(7)13(19)12-10(15)3-9(14)4-11(12)16;/h3-4,7-8H,2,5-6,17H2,1H3;1H. The van der Waals surface area contributed by atoms with Crippen molar-refractivity contribution >= 4 is 34.2 Å². The summed E-state index contributed by atoms with van der Waals surface area (Å²) in [4.78, 5) is 13.8. The fourth-order valence-electron chi connectivity index (χ4n) is 2.49. The number of nitrogens with two attached hydrogens (primary N) is 1. The number of benzene rings is 1. The number of halogens is 4. The number of amides is 1. The van der Waals surface area contributed by atoms with Gasteiger partial charge < -0.3 is 10.6 Å². The highest BCUT2D eigenvalue weighted by Gasteiger charge is 2.34. The van der Waals surface area contributed by atoms with Crippen LogP contribution < -0.4 is 5.73 Å². The Morgan fingerprint density at radius 1 is 1.45 bits per heavy atom. The van der Waals surface area contributed by atoms with Crippen LogP contribution in [0.5, 0.6) is 0 Å². The van der Waals surface area contributed by atoms with E-state index in [0.29, 0.717) is 13.1 Å². The van der Waals surface area contributed by atoms with Crippen LogP contribution in [0, 0.1) is 17.6 Å². The molecule has 2 unspecified atom stereocenters. The van der Waals surface area contributed by atoms with Crippen molar-refractivity contribution in [1.29, 1.82) is 0 Å². The molecule has 2 N–H and O–H groups in total. The average Bonchev–Trinajstić information content (AvgIpc) is 2.69. The molecule has 1 heterocycles. The Morgan fingerprint density at radius 2 is 2.00 bits per heavy atom. The molecule has 1 aliphatic rings. The predicted molar refractivity (Wildman–Crippen MR) is 79.0 cm³/mol. The number of likely N-dealkylation sites (tertiary alicyclic amines) is 1. The number of nitrogens with zero attached hydrogens (tertiary/aromatic N) is 1. The lowest BCUT2D eigenvalue weighted by atomic mass is 10.1. The van der Waals surface area contributed by atoms with E-state index in [1.54, 1.807) is 0 Å². The number of hydrogen-bond acceptors (Lipinski definition) is 2. The molecule has 2 atom stereocenters. The molecule has 112 valence electrons. The van der Waals surface area contributed by atoms with Crippen LogP contribution in [0.3, 0.4) is 0 Å². The third kappa shape index (κ3) is 3.30. The van der Waals surface area contributed by atoms with E-state index in [-0.39, 0.29) is 28.8 Å². The highest BCUT2D eigenvalue weighted by Crippen LogP contribution is 2.27. The molecule has 0 bridgehead atoms. The van der Waals surface area contributed by atoms with Gasteiger partial charge in [-0.15, -0.1) is 12.4 Å². The molecule has 1 aromatic carbocycles. The fraction of sp³-hybridized carbons (Fsp3) is 0.462. The largest absolute Gasteiger partial charge is 0.335 e. The third-order valence-corrected chi connectivity index (χ3v) is 3.93. The Balaban J connectivity index is 0.00000200. The quantitative estimate of drug-likeness (QED) is 0.871. The van der Waals surface area contributed by atoms with Gasteiger partial charge in [0.1, 0.15) is 17.2 Å². The van der Waals surface area contributed by atoms with Crippen LogP contribution in [0.2, 0.25) is 0 Å². The number of hydrogen-bond donors (Lipinski definition) is 1. The van der Waals surface area contributed by atoms with Crippen molar-refractivity contribution in [2.45, 2.75) is 19.4 Å². The Hall–Kier alpha value is -0.720. The fourth-order valence-corrected chi connectivity index (χ4v) is 2.89. The van der Waals surface area contributed by atoms with Gasteiger partial charge in [0, 0.05) is 17.1 Å². The van der Waals surface area contributed by atoms with E-state index < -0.39 is 23.1 Å². The molecular weight excluding hydrogens is 354 g/mol. The molecular formula is C13H16BrClF2N2O. The van der Waals surface area contributed by atoms with Crippen molar-refractivity contribution in [2.24, 2.45) is 11.7 Å². The zero-order chi connectivity index (χ0) is 14.2. The third-order valence-electron chi connectivity index (χ3n) is 3.48. The van der Waals surface area contributed by atoms with Gasteiger partial charge in [0.05, 0.1) is 0 Å². The smallest absolute Gasteiger partial charge is 0.260 e. The lowest BCUT2D eigenvalue weighted by Gasteiger charge is -2.22. The molecule has 0 aliphatic carbocycles. The average molecular weight is 370 g/mol. The summed E-state index contributed by atoms with van der Waals surface area (Å²) in [7, 11) is 0. The molecule has 1 saturated heterocycles. The molecule has 3 nitrogen and oxygen atoms in total. The summed E-state index contributed by atoms with van der Waals surface area (Å²) < 4.78 is 27.8. The Morgan fingerprint density at radius 3 is 2.45 bits per heavy atom. The topological polar surface area (TPSA) is 46.3 Å². The molecule has 0 spiro atoms. The van der Waals surface area contributed by atoms with Crippen LogP contribution in [0.4, 0.5) is 8.78 Å². The van der Waals surface area contributed by atoms with Gasteiger partial charge in [0.25, 0.3) is 5.91 Å². The van der Waals surface area contributed by atoms with Crippen molar-refractivity contribution in [3.8, 4) is 0 Å². The first kappa shape index (κ1) is 17.3. The lowest BCUT2D eigenvalue weighted by molar-refractivity contribution is 0.0733. The van der Waals surface area contributed by atoms with Crippen molar-refractivity contribution in [3.05, 3.63) is 33.8 Å². The summed E-state index contributed by atoms with van der Waals surface area (Å²) >= 11 is 2.99. The minimum absolute atomic E-state index is 0. The maximum absolute atomic E-state index is 13.8. The molecule has 2 rings (SSSR count). The van der Waals surface area contributed by atoms with E-state index in [1.807, 2.05) is 6.92 Å². The first-order chi connectivity index (χ1) is 8.93. The molecule has 1 fully saturated rings. The number of carbonyl (C=O) groups is 1. The molecule has 1 amide bonds. The first-order valence-corrected chi connectivity index (χ1v) is 6.89. The second kappa shape index (κ2) is 6.83. The maximum Gasteiger partial charge on any atom is 0.260 e. The van der Waals surface area contributed by atoms with Gasteiger partial charge in [-0.3, -0.25) is 4.79 Å². The second-order valence-corrected chi connectivity index (χ2v) is 5.80. The van der Waals surface area contributed by atoms with Crippen LogP contribution in [-0.4, -0.2) is 29.9 Å². The van der Waals surface area contributed by atoms with Gasteiger partial charge in [-0.05, 0) is 37.9 Å². The van der Waals surface area contributed by atoms with Gasteiger partial charge >= 0.3 is 0 Å². The van der Waals surface area contributed by atoms with E-state index in [1.165, 1.54) is 4.90 Å². The van der Waals surface area contributed by atoms with Gasteiger partial charge in [-0.1, -0.05) is 15.9 Å². The van der Waals surface area contributed by atoms with Crippen molar-refractivity contribution < 1.29 is 13.6 Å². The van der Waals surface area contributed by atoms with Crippen molar-refractivity contribution in [3.63, 3.8) is 0 Å². The Labute approximate surface area is 131 Å². The molecule has 1 aromatic rings. The number of carbonyl (C=O) groups excluding carboxylic acids is 1. The van der Waals surface area contributed by atoms with E-state index in [9.17, 15) is 13.6 Å². The predicted octanol–water partition coefficient (Wildman–Crippen LogP) is 2.96. The Bertz CT molecular complexity index is 492. The summed E-state index contributed by atoms with van der Waals surface area (Å²) in [5, 5.41) is 0. The minimum atomic E-state index is -0.847. The van der Waals surface area contributed by atoms with Gasteiger partial charge in [-0.25, -0.2) is 8.78 Å². The van der Waals surface area contributed by atoms with Gasteiger partial charge in [0.2, 0.25) is 0 Å². The summed E-state index contributed by atoms with van der Waals surface area (Å²) in [5.74, 6) is -2.10. The van der Waals surface area contributed by atoms with Gasteiger partial charge in [-0.2, -0.15) is 0 Å². The summed E-state index contributed by atoms with van der Waals surface area (Å²) in [6, 6.07) is 2.14. The molecule has 7 heteroatoms. The Kier molecular flexibility index (Phi) is 5.91. The minimum Gasteiger partial charge on any atom is -0.335 e. The van der Waals surface area contributed by atoms with Crippen LogP contribution in [0.15, 0.2) is 16.6 Å². The first-order valence-electron chi connectivity index (χ1n) is 6.09. The summed E-state index contributed by atoms with van der Waals surface area (Å²) in [6.07, 6.45) is 0.766. The molecule has 20 heavy (non-hydrogen) atoms. The van der Waals surface area contributed by atoms with E-state index in [2.05, 4.69) is 15.9 Å². The molecule has 0 saturated carbocycles. The zero-order valence-corrected chi connectivity index (χ0v) is 13.3. The van der Waals surface area contributed by atoms with Crippen LogP contribution in [-0.2, 0) is 0 Å². The van der Waals surface area contributed by atoms with Crippen molar-refractivity contribution in [1.82, 2.24) is 4.90 Å². The normalized spacial score (nSPS) is 21.8. The van der Waals surface area contributed by atoms with Gasteiger partial charge in [0.15, 0.2) is 0 Å². The zero-order valence-electron chi connectivity index (χ0n) is 10.9. The van der Waals surface area contributed by atoms with Crippen LogP contribution in [0.25, 0.3) is 0 Å². The van der Waals surface area contributed by atoms with Crippen molar-refractivity contribution in [2.75, 3.05) is 13.1 Å². The van der Waals surface area contributed by atoms with E-state index in [4.69, 9.17) is 5.73 Å². The van der Waals surface area contributed by atoms with Crippen LogP contribution in [0.1, 0.15) is 23.7 Å². The van der Waals surface area contributed by atoms with E-state index in [0.717, 1.165) is 18.6 Å². The second-order valence-electron chi connectivity index (χ2n) is 4.89. The summed E-state index contributed by atoms with van der Waals surface area (Å²) in [6.45, 7) is 2.78. The molecule has 1 aliphatic heterocycles. The van der Waals surface area contributed by atoms with E-state index >= 15 is 0 Å². The SMILES string of the molecule is CC1CC(CN)CN1C(=O)c1c(F)cc(Br)cc1F.Cl. The molecule has 0 aromatic heterocycles. The highest BCUT2D eigenvalue weighted by molar-refractivity contribution is 9.10. The number of rotatable bonds is 2. The maximum atomic E-state index is 13.8. The highest BCUT2D eigenvalue weighted by atomic mass is 79.9.